The smallest absolute Gasteiger partial charge is 0.179 e. The number of rotatable bonds is 0. The molecule has 1 atom stereocenters. The highest BCUT2D eigenvalue weighted by Gasteiger charge is 2.34. The molecule has 94 valence electrons. The molecule has 1 unspecified atom stereocenters. The van der Waals surface area contributed by atoms with Gasteiger partial charge in [0.25, 0.3) is 0 Å². The number of nitrogens with one attached hydrogen (secondary N) is 1. The lowest BCUT2D eigenvalue weighted by molar-refractivity contribution is 0.0890. The van der Waals surface area contributed by atoms with E-state index in [9.17, 15) is 4.79 Å². The Balaban J connectivity index is 2.15. The second-order valence-electron chi connectivity index (χ2n) is 6.42. The van der Waals surface area contributed by atoms with E-state index in [4.69, 9.17) is 0 Å². The summed E-state index contributed by atoms with van der Waals surface area (Å²) in [6.07, 6.45) is 1.68. The van der Waals surface area contributed by atoms with Crippen LogP contribution in [0, 0.1) is 11.3 Å². The molecule has 0 saturated heterocycles. The van der Waals surface area contributed by atoms with Crippen molar-refractivity contribution in [2.75, 3.05) is 0 Å². The van der Waals surface area contributed by atoms with Gasteiger partial charge < -0.3 is 4.98 Å². The van der Waals surface area contributed by atoms with Crippen molar-refractivity contribution in [1.29, 1.82) is 0 Å². The summed E-state index contributed by atoms with van der Waals surface area (Å²) in [4.78, 5) is 15.6. The van der Waals surface area contributed by atoms with Crippen molar-refractivity contribution in [3.63, 3.8) is 0 Å². The Morgan fingerprint density at radius 2 is 1.89 bits per heavy atom. The van der Waals surface area contributed by atoms with Crippen LogP contribution in [0.4, 0.5) is 0 Å². The fraction of sp³-hybridized carbons (Fsp3) is 0.438. The van der Waals surface area contributed by atoms with Crippen LogP contribution in [-0.4, -0.2) is 10.8 Å². The van der Waals surface area contributed by atoms with Crippen molar-refractivity contribution in [1.82, 2.24) is 4.98 Å². The molecule has 0 amide bonds. The van der Waals surface area contributed by atoms with Gasteiger partial charge in [-0.25, -0.2) is 0 Å². The van der Waals surface area contributed by atoms with Crippen molar-refractivity contribution < 1.29 is 4.79 Å². The third-order valence-electron chi connectivity index (χ3n) is 4.20. The summed E-state index contributed by atoms with van der Waals surface area (Å²) in [5, 5.41) is 1.22. The predicted octanol–water partition coefficient (Wildman–Crippen LogP) is 3.96. The minimum atomic E-state index is 0.186. The Morgan fingerprint density at radius 1 is 1.17 bits per heavy atom. The topological polar surface area (TPSA) is 32.9 Å². The zero-order valence-corrected chi connectivity index (χ0v) is 11.2. The molecule has 1 aromatic heterocycles. The maximum Gasteiger partial charge on any atom is 0.179 e. The molecule has 18 heavy (non-hydrogen) atoms. The van der Waals surface area contributed by atoms with E-state index in [1.807, 2.05) is 18.2 Å². The molecule has 1 aliphatic rings. The zero-order chi connectivity index (χ0) is 12.9. The Labute approximate surface area is 107 Å². The molecular weight excluding hydrogens is 222 g/mol. The summed E-state index contributed by atoms with van der Waals surface area (Å²) in [6, 6.07) is 8.22. The fourth-order valence-corrected chi connectivity index (χ4v) is 2.91. The highest BCUT2D eigenvalue weighted by atomic mass is 16.1. The van der Waals surface area contributed by atoms with Crippen LogP contribution < -0.4 is 0 Å². The largest absolute Gasteiger partial charge is 0.352 e. The number of Topliss-reactive ketones (excluding diaryl/α,β-unsaturated/α-hetero) is 1. The minimum absolute atomic E-state index is 0.186. The highest BCUT2D eigenvalue weighted by Crippen LogP contribution is 2.39. The number of para-hydroxylation sites is 1. The molecule has 3 rings (SSSR count). The van der Waals surface area contributed by atoms with E-state index in [0.717, 1.165) is 17.6 Å². The van der Waals surface area contributed by atoms with Gasteiger partial charge in [-0.3, -0.25) is 4.79 Å². The first kappa shape index (κ1) is 11.5. The zero-order valence-electron chi connectivity index (χ0n) is 11.2. The van der Waals surface area contributed by atoms with E-state index in [0.29, 0.717) is 12.3 Å². The van der Waals surface area contributed by atoms with Gasteiger partial charge in [0.15, 0.2) is 5.78 Å². The lowest BCUT2D eigenvalue weighted by Gasteiger charge is -2.33. The average Bonchev–Trinajstić information content (AvgIpc) is 2.67. The summed E-state index contributed by atoms with van der Waals surface area (Å²) in [6.45, 7) is 6.68. The number of carbonyl (C=O) groups excluding carboxylic acids is 1. The minimum Gasteiger partial charge on any atom is -0.352 e. The highest BCUT2D eigenvalue weighted by molar-refractivity contribution is 6.03. The van der Waals surface area contributed by atoms with Crippen LogP contribution in [0.3, 0.4) is 0 Å². The summed E-state index contributed by atoms with van der Waals surface area (Å²) in [5.41, 5.74) is 3.34. The quantitative estimate of drug-likeness (QED) is 0.744. The molecular formula is C16H19NO. The summed E-state index contributed by atoms with van der Waals surface area (Å²) in [5.74, 6) is 0.712. The van der Waals surface area contributed by atoms with Crippen LogP contribution in [0.5, 0.6) is 0 Å². The van der Waals surface area contributed by atoms with E-state index in [2.05, 4.69) is 31.8 Å². The number of H-pyrrole nitrogens is 1. The number of aromatic amines is 1. The molecule has 2 nitrogen and oxygen atoms in total. The van der Waals surface area contributed by atoms with Gasteiger partial charge >= 0.3 is 0 Å². The molecule has 1 aromatic carbocycles. The second kappa shape index (κ2) is 3.71. The monoisotopic (exact) mass is 241 g/mol. The number of aromatic nitrogens is 1. The van der Waals surface area contributed by atoms with Crippen LogP contribution in [-0.2, 0) is 6.42 Å². The van der Waals surface area contributed by atoms with Crippen LogP contribution in [0.15, 0.2) is 24.3 Å². The molecule has 0 bridgehead atoms. The van der Waals surface area contributed by atoms with E-state index < -0.39 is 0 Å². The lowest BCUT2D eigenvalue weighted by atomic mass is 9.71. The number of fused-ring (bicyclic) bond motifs is 3. The third kappa shape index (κ3) is 1.67. The standard InChI is InChI=1S/C16H19NO/c1-16(2,3)10-8-12-11-6-4-5-7-13(11)17-15(12)14(18)9-10/h4-7,10,17H,8-9H2,1-3H3. The molecule has 2 aromatic rings. The Bertz CT molecular complexity index is 616. The molecule has 1 N–H and O–H groups in total. The summed E-state index contributed by atoms with van der Waals surface area (Å²) < 4.78 is 0. The van der Waals surface area contributed by atoms with Gasteiger partial charge in [0.2, 0.25) is 0 Å². The predicted molar refractivity (Wildman–Crippen MR) is 73.9 cm³/mol. The van der Waals surface area contributed by atoms with Crippen molar-refractivity contribution in [2.45, 2.75) is 33.6 Å². The number of hydrogen-bond acceptors (Lipinski definition) is 1. The number of ketones is 1. The van der Waals surface area contributed by atoms with Gasteiger partial charge in [0.05, 0.1) is 5.69 Å². The van der Waals surface area contributed by atoms with Crippen molar-refractivity contribution in [3.8, 4) is 0 Å². The lowest BCUT2D eigenvalue weighted by Crippen LogP contribution is -2.29. The average molecular weight is 241 g/mol. The first-order valence-electron chi connectivity index (χ1n) is 6.59. The van der Waals surface area contributed by atoms with Crippen molar-refractivity contribution in [3.05, 3.63) is 35.5 Å². The number of carbonyl (C=O) groups is 1. The normalized spacial score (nSPS) is 20.2. The van der Waals surface area contributed by atoms with Crippen molar-refractivity contribution >= 4 is 16.7 Å². The van der Waals surface area contributed by atoms with E-state index in [1.54, 1.807) is 0 Å². The Morgan fingerprint density at radius 3 is 2.61 bits per heavy atom. The molecule has 1 aliphatic carbocycles. The maximum absolute atomic E-state index is 12.3. The molecule has 0 radical (unpaired) electrons. The van der Waals surface area contributed by atoms with E-state index >= 15 is 0 Å². The first-order chi connectivity index (χ1) is 8.47. The van der Waals surface area contributed by atoms with E-state index in [1.165, 1.54) is 10.9 Å². The molecule has 2 heteroatoms. The Kier molecular flexibility index (Phi) is 2.37. The Hall–Kier alpha value is -1.57. The van der Waals surface area contributed by atoms with E-state index in [-0.39, 0.29) is 11.2 Å². The SMILES string of the molecule is CC(C)(C)C1CC(=O)c2[nH]c3ccccc3c2C1. The van der Waals surface area contributed by atoms with Crippen LogP contribution in [0.2, 0.25) is 0 Å². The molecule has 0 aliphatic heterocycles. The second-order valence-corrected chi connectivity index (χ2v) is 6.42. The summed E-state index contributed by atoms with van der Waals surface area (Å²) >= 11 is 0. The molecule has 0 spiro atoms. The third-order valence-corrected chi connectivity index (χ3v) is 4.20. The fourth-order valence-electron chi connectivity index (χ4n) is 2.91. The van der Waals surface area contributed by atoms with Crippen LogP contribution in [0.25, 0.3) is 10.9 Å². The van der Waals surface area contributed by atoms with Gasteiger partial charge in [-0.1, -0.05) is 39.0 Å². The van der Waals surface area contributed by atoms with Crippen LogP contribution >= 0.6 is 0 Å². The molecule has 0 fully saturated rings. The van der Waals surface area contributed by atoms with Crippen molar-refractivity contribution in [2.24, 2.45) is 11.3 Å². The first-order valence-corrected chi connectivity index (χ1v) is 6.59. The maximum atomic E-state index is 12.3. The molecule has 0 saturated carbocycles. The van der Waals surface area contributed by atoms with Gasteiger partial charge in [0, 0.05) is 17.3 Å². The van der Waals surface area contributed by atoms with Gasteiger partial charge in [-0.05, 0) is 29.4 Å². The van der Waals surface area contributed by atoms with Gasteiger partial charge in [-0.2, -0.15) is 0 Å². The number of benzene rings is 1. The van der Waals surface area contributed by atoms with Crippen LogP contribution in [0.1, 0.15) is 43.2 Å². The number of hydrogen-bond donors (Lipinski definition) is 1. The molecule has 1 heterocycles. The summed E-state index contributed by atoms with van der Waals surface area (Å²) in [7, 11) is 0. The van der Waals surface area contributed by atoms with Gasteiger partial charge in [0.1, 0.15) is 0 Å². The van der Waals surface area contributed by atoms with Gasteiger partial charge in [-0.15, -0.1) is 0 Å².